The number of nitrogens with zero attached hydrogens (tertiary/aromatic N) is 2. The molecule has 26 heavy (non-hydrogen) atoms. The van der Waals surface area contributed by atoms with Crippen LogP contribution in [0.25, 0.3) is 0 Å². The Morgan fingerprint density at radius 1 is 1.08 bits per heavy atom. The van der Waals surface area contributed by atoms with E-state index >= 15 is 0 Å². The summed E-state index contributed by atoms with van der Waals surface area (Å²) in [5.41, 5.74) is 0.679. The van der Waals surface area contributed by atoms with Gasteiger partial charge in [0.05, 0.1) is 20.3 Å². The van der Waals surface area contributed by atoms with E-state index < -0.39 is 0 Å². The molecule has 6 heteroatoms. The third-order valence-electron chi connectivity index (χ3n) is 5.25. The van der Waals surface area contributed by atoms with Crippen molar-refractivity contribution in [2.45, 2.75) is 31.7 Å². The van der Waals surface area contributed by atoms with E-state index in [-0.39, 0.29) is 11.9 Å². The van der Waals surface area contributed by atoms with Crippen LogP contribution in [-0.2, 0) is 0 Å². The second-order valence-electron chi connectivity index (χ2n) is 7.01. The Morgan fingerprint density at radius 2 is 1.85 bits per heavy atom. The number of piperidine rings is 1. The van der Waals surface area contributed by atoms with Crippen molar-refractivity contribution in [1.82, 2.24) is 9.80 Å². The number of amides is 1. The van der Waals surface area contributed by atoms with Crippen molar-refractivity contribution >= 4 is 17.7 Å². The van der Waals surface area contributed by atoms with Crippen LogP contribution in [0.5, 0.6) is 11.5 Å². The summed E-state index contributed by atoms with van der Waals surface area (Å²) in [5, 5.41) is 0. The monoisotopic (exact) mass is 378 g/mol. The van der Waals surface area contributed by atoms with Gasteiger partial charge in [-0.2, -0.15) is 11.8 Å². The summed E-state index contributed by atoms with van der Waals surface area (Å²) < 4.78 is 10.7. The second-order valence-corrected chi connectivity index (χ2v) is 8.16. The SMILES string of the molecule is COc1ccc(C(=O)N2CCCSCC2CN2CCCCC2)cc1OC. The summed E-state index contributed by atoms with van der Waals surface area (Å²) >= 11 is 1.98. The molecule has 2 saturated heterocycles. The molecule has 0 aromatic heterocycles. The first-order chi connectivity index (χ1) is 12.7. The number of likely N-dealkylation sites (tertiary alicyclic amines) is 1. The maximum atomic E-state index is 13.3. The fourth-order valence-electron chi connectivity index (χ4n) is 3.82. The largest absolute Gasteiger partial charge is 0.493 e. The molecule has 2 fully saturated rings. The highest BCUT2D eigenvalue weighted by atomic mass is 32.2. The lowest BCUT2D eigenvalue weighted by Gasteiger charge is -2.36. The lowest BCUT2D eigenvalue weighted by Crippen LogP contribution is -2.49. The Labute approximate surface area is 161 Å². The van der Waals surface area contributed by atoms with Crippen molar-refractivity contribution in [2.75, 3.05) is 51.9 Å². The molecule has 0 radical (unpaired) electrons. The van der Waals surface area contributed by atoms with Gasteiger partial charge < -0.3 is 19.3 Å². The number of carbonyl (C=O) groups excluding carboxylic acids is 1. The van der Waals surface area contributed by atoms with Crippen LogP contribution in [0.15, 0.2) is 18.2 Å². The zero-order valence-electron chi connectivity index (χ0n) is 15.9. The molecule has 0 N–H and O–H groups in total. The Kier molecular flexibility index (Phi) is 7.08. The first-order valence-corrected chi connectivity index (χ1v) is 10.7. The van der Waals surface area contributed by atoms with Crippen molar-refractivity contribution in [1.29, 1.82) is 0 Å². The smallest absolute Gasteiger partial charge is 0.254 e. The summed E-state index contributed by atoms with van der Waals surface area (Å²) in [7, 11) is 3.22. The van der Waals surface area contributed by atoms with Gasteiger partial charge in [-0.25, -0.2) is 0 Å². The van der Waals surface area contributed by atoms with E-state index in [0.29, 0.717) is 17.1 Å². The molecule has 2 aliphatic heterocycles. The minimum Gasteiger partial charge on any atom is -0.493 e. The van der Waals surface area contributed by atoms with Gasteiger partial charge in [0.15, 0.2) is 11.5 Å². The van der Waals surface area contributed by atoms with Gasteiger partial charge in [0, 0.05) is 24.4 Å². The quantitative estimate of drug-likeness (QED) is 0.787. The summed E-state index contributed by atoms with van der Waals surface area (Å²) in [4.78, 5) is 17.9. The van der Waals surface area contributed by atoms with E-state index in [4.69, 9.17) is 9.47 Å². The first-order valence-electron chi connectivity index (χ1n) is 9.56. The molecule has 0 aliphatic carbocycles. The first kappa shape index (κ1) is 19.4. The number of thioether (sulfide) groups is 1. The van der Waals surface area contributed by atoms with E-state index in [0.717, 1.165) is 31.0 Å². The fourth-order valence-corrected chi connectivity index (χ4v) is 4.88. The third kappa shape index (κ3) is 4.65. The lowest BCUT2D eigenvalue weighted by atomic mass is 10.1. The summed E-state index contributed by atoms with van der Waals surface area (Å²) in [6.45, 7) is 4.16. The van der Waals surface area contributed by atoms with Crippen LogP contribution in [0, 0.1) is 0 Å². The maximum Gasteiger partial charge on any atom is 0.254 e. The highest BCUT2D eigenvalue weighted by molar-refractivity contribution is 7.99. The topological polar surface area (TPSA) is 42.0 Å². The Hall–Kier alpha value is -1.40. The predicted octanol–water partition coefficient (Wildman–Crippen LogP) is 3.14. The van der Waals surface area contributed by atoms with Crippen LogP contribution in [0.4, 0.5) is 0 Å². The predicted molar refractivity (Wildman–Crippen MR) is 107 cm³/mol. The number of ether oxygens (including phenoxy) is 2. The van der Waals surface area contributed by atoms with Gasteiger partial charge in [-0.1, -0.05) is 6.42 Å². The van der Waals surface area contributed by atoms with Crippen molar-refractivity contribution in [3.8, 4) is 11.5 Å². The zero-order valence-corrected chi connectivity index (χ0v) is 16.7. The average molecular weight is 379 g/mol. The molecule has 2 aliphatic rings. The van der Waals surface area contributed by atoms with Crippen LogP contribution in [0.1, 0.15) is 36.0 Å². The Balaban J connectivity index is 1.77. The van der Waals surface area contributed by atoms with Crippen LogP contribution in [0.3, 0.4) is 0 Å². The fraction of sp³-hybridized carbons (Fsp3) is 0.650. The molecule has 144 valence electrons. The molecular formula is C20H30N2O3S. The molecule has 0 bridgehead atoms. The van der Waals surface area contributed by atoms with E-state index in [1.807, 2.05) is 23.9 Å². The van der Waals surface area contributed by atoms with Gasteiger partial charge in [0.25, 0.3) is 5.91 Å². The van der Waals surface area contributed by atoms with Crippen LogP contribution >= 0.6 is 11.8 Å². The van der Waals surface area contributed by atoms with Crippen molar-refractivity contribution in [3.05, 3.63) is 23.8 Å². The molecule has 5 nitrogen and oxygen atoms in total. The number of hydrogen-bond acceptors (Lipinski definition) is 5. The van der Waals surface area contributed by atoms with E-state index in [2.05, 4.69) is 9.80 Å². The molecule has 1 atom stereocenters. The molecular weight excluding hydrogens is 348 g/mol. The van der Waals surface area contributed by atoms with Crippen LogP contribution in [-0.4, -0.2) is 73.7 Å². The average Bonchev–Trinajstić information content (AvgIpc) is 2.93. The molecule has 0 spiro atoms. The normalized spacial score (nSPS) is 21.9. The number of hydrogen-bond donors (Lipinski definition) is 0. The minimum atomic E-state index is 0.107. The Bertz CT molecular complexity index is 605. The van der Waals surface area contributed by atoms with Gasteiger partial charge in [-0.05, 0) is 56.3 Å². The van der Waals surface area contributed by atoms with E-state index in [9.17, 15) is 4.79 Å². The molecule has 0 saturated carbocycles. The van der Waals surface area contributed by atoms with Gasteiger partial charge >= 0.3 is 0 Å². The molecule has 2 heterocycles. The van der Waals surface area contributed by atoms with Crippen molar-refractivity contribution < 1.29 is 14.3 Å². The number of rotatable bonds is 5. The van der Waals surface area contributed by atoms with Gasteiger partial charge in [-0.3, -0.25) is 4.79 Å². The van der Waals surface area contributed by atoms with Gasteiger partial charge in [0.1, 0.15) is 0 Å². The van der Waals surface area contributed by atoms with Gasteiger partial charge in [-0.15, -0.1) is 0 Å². The van der Waals surface area contributed by atoms with Crippen LogP contribution in [0.2, 0.25) is 0 Å². The number of methoxy groups -OCH3 is 2. The number of benzene rings is 1. The minimum absolute atomic E-state index is 0.107. The molecule has 3 rings (SSSR count). The van der Waals surface area contributed by atoms with E-state index in [1.165, 1.54) is 32.4 Å². The van der Waals surface area contributed by atoms with Crippen molar-refractivity contribution in [2.24, 2.45) is 0 Å². The molecule has 1 aromatic carbocycles. The molecule has 1 amide bonds. The summed E-state index contributed by atoms with van der Waals surface area (Å²) in [6, 6.07) is 5.75. The molecule has 1 aromatic rings. The lowest BCUT2D eigenvalue weighted by molar-refractivity contribution is 0.0645. The highest BCUT2D eigenvalue weighted by Crippen LogP contribution is 2.29. The van der Waals surface area contributed by atoms with Gasteiger partial charge in [0.2, 0.25) is 0 Å². The second kappa shape index (κ2) is 9.51. The van der Waals surface area contributed by atoms with E-state index in [1.54, 1.807) is 20.3 Å². The van der Waals surface area contributed by atoms with Crippen molar-refractivity contribution in [3.63, 3.8) is 0 Å². The highest BCUT2D eigenvalue weighted by Gasteiger charge is 2.29. The number of carbonyl (C=O) groups is 1. The summed E-state index contributed by atoms with van der Waals surface area (Å²) in [5.74, 6) is 3.52. The molecule has 1 unspecified atom stereocenters. The maximum absolute atomic E-state index is 13.3. The van der Waals surface area contributed by atoms with Crippen LogP contribution < -0.4 is 9.47 Å². The summed E-state index contributed by atoms with van der Waals surface area (Å²) in [6.07, 6.45) is 4.96. The Morgan fingerprint density at radius 3 is 2.58 bits per heavy atom. The standard InChI is InChI=1S/C20H30N2O3S/c1-24-18-8-7-16(13-19(18)25-2)20(23)22-11-6-12-26-15-17(22)14-21-9-4-3-5-10-21/h7-8,13,17H,3-6,9-12,14-15H2,1-2H3. The zero-order chi connectivity index (χ0) is 18.4. The third-order valence-corrected chi connectivity index (χ3v) is 6.45.